The van der Waals surface area contributed by atoms with Crippen LogP contribution in [0.2, 0.25) is 0 Å². The number of H-pyrrole nitrogens is 1. The first-order valence-corrected chi connectivity index (χ1v) is 6.16. The van der Waals surface area contributed by atoms with Crippen molar-refractivity contribution in [2.24, 2.45) is 0 Å². The van der Waals surface area contributed by atoms with Gasteiger partial charge in [0, 0.05) is 32.2 Å². The molecule has 0 saturated carbocycles. The van der Waals surface area contributed by atoms with Crippen LogP contribution >= 0.6 is 0 Å². The van der Waals surface area contributed by atoms with Crippen LogP contribution in [-0.2, 0) is 11.2 Å². The molecular weight excluding hydrogens is 226 g/mol. The van der Waals surface area contributed by atoms with Gasteiger partial charge < -0.3 is 10.1 Å². The molecule has 1 saturated heterocycles. The van der Waals surface area contributed by atoms with Gasteiger partial charge in [-0.05, 0) is 5.56 Å². The molecule has 1 fully saturated rings. The van der Waals surface area contributed by atoms with Crippen LogP contribution in [0.25, 0.3) is 11.3 Å². The van der Waals surface area contributed by atoms with Crippen LogP contribution in [0, 0.1) is 0 Å². The molecule has 18 heavy (non-hydrogen) atoms. The van der Waals surface area contributed by atoms with E-state index < -0.39 is 0 Å². The van der Waals surface area contributed by atoms with Gasteiger partial charge in [-0.25, -0.2) is 0 Å². The van der Waals surface area contributed by atoms with Crippen molar-refractivity contribution < 1.29 is 4.74 Å². The number of benzene rings is 1. The fraction of sp³-hybridized carbons (Fsp3) is 0.357. The molecule has 4 heteroatoms. The Balaban J connectivity index is 1.88. The van der Waals surface area contributed by atoms with E-state index in [1.165, 1.54) is 11.1 Å². The van der Waals surface area contributed by atoms with E-state index in [1.54, 1.807) is 7.11 Å². The molecule has 0 atom stereocenters. The van der Waals surface area contributed by atoms with Gasteiger partial charge in [-0.2, -0.15) is 5.10 Å². The lowest BCUT2D eigenvalue weighted by molar-refractivity contribution is -0.0501. The molecule has 0 bridgehead atoms. The van der Waals surface area contributed by atoms with Gasteiger partial charge in [0.05, 0.1) is 17.5 Å². The Labute approximate surface area is 106 Å². The van der Waals surface area contributed by atoms with Crippen molar-refractivity contribution in [1.82, 2.24) is 15.5 Å². The summed E-state index contributed by atoms with van der Waals surface area (Å²) in [5.74, 6) is 0. The minimum atomic E-state index is -0.0621. The predicted molar refractivity (Wildman–Crippen MR) is 70.3 cm³/mol. The maximum Gasteiger partial charge on any atom is 0.0967 e. The number of aromatic amines is 1. The lowest BCUT2D eigenvalue weighted by Crippen LogP contribution is -2.61. The van der Waals surface area contributed by atoms with E-state index in [2.05, 4.69) is 27.6 Å². The Hall–Kier alpha value is -1.65. The minimum Gasteiger partial charge on any atom is -0.375 e. The number of nitrogens with zero attached hydrogens (tertiary/aromatic N) is 1. The lowest BCUT2D eigenvalue weighted by Gasteiger charge is -2.41. The van der Waals surface area contributed by atoms with E-state index in [1.807, 2.05) is 24.4 Å². The SMILES string of the molecule is COC1(Cc2cn[nH]c2-c2ccccc2)CNC1. The van der Waals surface area contributed by atoms with E-state index in [9.17, 15) is 0 Å². The van der Waals surface area contributed by atoms with Gasteiger partial charge in [0.2, 0.25) is 0 Å². The fourth-order valence-corrected chi connectivity index (χ4v) is 2.39. The summed E-state index contributed by atoms with van der Waals surface area (Å²) in [6.45, 7) is 1.81. The predicted octanol–water partition coefficient (Wildman–Crippen LogP) is 1.61. The largest absolute Gasteiger partial charge is 0.375 e. The van der Waals surface area contributed by atoms with Gasteiger partial charge in [0.1, 0.15) is 0 Å². The Morgan fingerprint density at radius 2 is 2.06 bits per heavy atom. The van der Waals surface area contributed by atoms with Crippen molar-refractivity contribution in [3.8, 4) is 11.3 Å². The summed E-state index contributed by atoms with van der Waals surface area (Å²) in [4.78, 5) is 0. The molecule has 0 aliphatic carbocycles. The van der Waals surface area contributed by atoms with Crippen molar-refractivity contribution in [3.63, 3.8) is 0 Å². The summed E-state index contributed by atoms with van der Waals surface area (Å²) < 4.78 is 5.63. The summed E-state index contributed by atoms with van der Waals surface area (Å²) in [5, 5.41) is 10.5. The summed E-state index contributed by atoms with van der Waals surface area (Å²) in [6.07, 6.45) is 2.79. The highest BCUT2D eigenvalue weighted by Gasteiger charge is 2.37. The highest BCUT2D eigenvalue weighted by molar-refractivity contribution is 5.62. The first-order chi connectivity index (χ1) is 8.83. The maximum absolute atomic E-state index is 5.63. The van der Waals surface area contributed by atoms with Crippen molar-refractivity contribution in [3.05, 3.63) is 42.1 Å². The molecule has 2 heterocycles. The Morgan fingerprint density at radius 1 is 1.28 bits per heavy atom. The van der Waals surface area contributed by atoms with Crippen molar-refractivity contribution in [1.29, 1.82) is 0 Å². The molecule has 4 nitrogen and oxygen atoms in total. The second-order valence-corrected chi connectivity index (χ2v) is 4.80. The number of hydrogen-bond acceptors (Lipinski definition) is 3. The third-order valence-electron chi connectivity index (χ3n) is 3.62. The molecule has 1 aromatic heterocycles. The van der Waals surface area contributed by atoms with Crippen LogP contribution in [0.3, 0.4) is 0 Å². The molecule has 1 aliphatic rings. The highest BCUT2D eigenvalue weighted by Crippen LogP contribution is 2.27. The summed E-state index contributed by atoms with van der Waals surface area (Å²) in [6, 6.07) is 10.3. The van der Waals surface area contributed by atoms with Gasteiger partial charge in [-0.1, -0.05) is 30.3 Å². The van der Waals surface area contributed by atoms with Crippen LogP contribution in [0.15, 0.2) is 36.5 Å². The van der Waals surface area contributed by atoms with Crippen molar-refractivity contribution in [2.45, 2.75) is 12.0 Å². The smallest absolute Gasteiger partial charge is 0.0967 e. The number of hydrogen-bond donors (Lipinski definition) is 2. The standard InChI is InChI=1S/C14H17N3O/c1-18-14(9-15-10-14)7-12-8-16-17-13(12)11-5-3-2-4-6-11/h2-6,8,15H,7,9-10H2,1H3,(H,16,17). The van der Waals surface area contributed by atoms with Gasteiger partial charge in [-0.3, -0.25) is 5.10 Å². The lowest BCUT2D eigenvalue weighted by atomic mass is 9.88. The molecule has 2 N–H and O–H groups in total. The third-order valence-corrected chi connectivity index (χ3v) is 3.62. The molecule has 3 rings (SSSR count). The fourth-order valence-electron chi connectivity index (χ4n) is 2.39. The van der Waals surface area contributed by atoms with Crippen LogP contribution in [0.4, 0.5) is 0 Å². The summed E-state index contributed by atoms with van der Waals surface area (Å²) in [5.41, 5.74) is 3.42. The number of methoxy groups -OCH3 is 1. The Kier molecular flexibility index (Phi) is 2.89. The molecule has 0 spiro atoms. The second kappa shape index (κ2) is 4.55. The van der Waals surface area contributed by atoms with Crippen LogP contribution < -0.4 is 5.32 Å². The topological polar surface area (TPSA) is 49.9 Å². The van der Waals surface area contributed by atoms with E-state index in [4.69, 9.17) is 4.74 Å². The van der Waals surface area contributed by atoms with E-state index >= 15 is 0 Å². The van der Waals surface area contributed by atoms with Crippen LogP contribution in [-0.4, -0.2) is 36.0 Å². The number of aromatic nitrogens is 2. The zero-order chi connectivity index (χ0) is 12.4. The number of nitrogens with one attached hydrogen (secondary N) is 2. The highest BCUT2D eigenvalue weighted by atomic mass is 16.5. The quantitative estimate of drug-likeness (QED) is 0.857. The molecule has 2 aromatic rings. The molecular formula is C14H17N3O. The maximum atomic E-state index is 5.63. The van der Waals surface area contributed by atoms with Gasteiger partial charge >= 0.3 is 0 Å². The zero-order valence-electron chi connectivity index (χ0n) is 10.4. The minimum absolute atomic E-state index is 0.0621. The molecule has 1 aliphatic heterocycles. The Bertz CT molecular complexity index is 511. The molecule has 94 valence electrons. The first kappa shape index (κ1) is 11.4. The average molecular weight is 243 g/mol. The normalized spacial score (nSPS) is 17.4. The van der Waals surface area contributed by atoms with Crippen molar-refractivity contribution >= 4 is 0 Å². The number of ether oxygens (including phenoxy) is 1. The van der Waals surface area contributed by atoms with Gasteiger partial charge in [-0.15, -0.1) is 0 Å². The number of rotatable bonds is 4. The molecule has 0 amide bonds. The molecule has 0 radical (unpaired) electrons. The van der Waals surface area contributed by atoms with Gasteiger partial charge in [0.25, 0.3) is 0 Å². The first-order valence-electron chi connectivity index (χ1n) is 6.16. The van der Waals surface area contributed by atoms with Crippen molar-refractivity contribution in [2.75, 3.05) is 20.2 Å². The van der Waals surface area contributed by atoms with E-state index in [0.29, 0.717) is 0 Å². The monoisotopic (exact) mass is 243 g/mol. The zero-order valence-corrected chi connectivity index (χ0v) is 10.4. The van der Waals surface area contributed by atoms with Crippen LogP contribution in [0.5, 0.6) is 0 Å². The van der Waals surface area contributed by atoms with E-state index in [0.717, 1.165) is 25.2 Å². The summed E-state index contributed by atoms with van der Waals surface area (Å²) in [7, 11) is 1.78. The Morgan fingerprint density at radius 3 is 2.67 bits per heavy atom. The van der Waals surface area contributed by atoms with Crippen LogP contribution in [0.1, 0.15) is 5.56 Å². The third kappa shape index (κ3) is 1.94. The molecule has 1 aromatic carbocycles. The average Bonchev–Trinajstić information content (AvgIpc) is 2.83. The molecule has 0 unspecified atom stereocenters. The van der Waals surface area contributed by atoms with Gasteiger partial charge in [0.15, 0.2) is 0 Å². The second-order valence-electron chi connectivity index (χ2n) is 4.80. The van der Waals surface area contributed by atoms with E-state index in [-0.39, 0.29) is 5.60 Å². The summed E-state index contributed by atoms with van der Waals surface area (Å²) >= 11 is 0.